The highest BCUT2D eigenvalue weighted by atomic mass is 32.1. The normalized spacial score (nSPS) is 18.4. The Bertz CT molecular complexity index is 1700. The van der Waals surface area contributed by atoms with E-state index in [1.54, 1.807) is 18.2 Å². The number of rotatable bonds is 0. The summed E-state index contributed by atoms with van der Waals surface area (Å²) in [6, 6.07) is 18.5. The molecule has 6 nitrogen and oxygen atoms in total. The first kappa shape index (κ1) is 21.5. The number of nitrogens with zero attached hydrogens (tertiary/aromatic N) is 6. The van der Waals surface area contributed by atoms with Gasteiger partial charge in [-0.25, -0.2) is 20.2 Å². The van der Waals surface area contributed by atoms with Gasteiger partial charge in [-0.2, -0.15) is 10.5 Å². The van der Waals surface area contributed by atoms with Crippen molar-refractivity contribution in [1.29, 1.82) is 21.0 Å². The van der Waals surface area contributed by atoms with Gasteiger partial charge in [0.2, 0.25) is 0 Å². The van der Waals surface area contributed by atoms with Crippen molar-refractivity contribution in [2.45, 2.75) is 0 Å². The summed E-state index contributed by atoms with van der Waals surface area (Å²) in [5, 5.41) is 36.7. The first-order valence-corrected chi connectivity index (χ1v) is 11.4. The standard InChI is InChI=1S/C24H6N6S3/c1-29-14(11-27)17-4-7-20(32-17)23-22(19-6-3-16(31-19)13(9-25)10-26)24(23)21-8-5-18(33-21)15(12-28)30-2/h3-8H/b17-14-,18-15+,22-19?,23-20-,24-21+. The van der Waals surface area contributed by atoms with Crippen molar-refractivity contribution in [3.05, 3.63) is 86.4 Å². The highest BCUT2D eigenvalue weighted by molar-refractivity contribution is 7.10. The molecule has 0 amide bonds. The zero-order valence-corrected chi connectivity index (χ0v) is 18.8. The summed E-state index contributed by atoms with van der Waals surface area (Å²) < 4.78 is 4.39. The van der Waals surface area contributed by atoms with E-state index in [0.29, 0.717) is 13.6 Å². The van der Waals surface area contributed by atoms with Gasteiger partial charge in [0.05, 0.1) is 29.8 Å². The van der Waals surface area contributed by atoms with Gasteiger partial charge in [-0.05, 0) is 24.3 Å². The third-order valence-electron chi connectivity index (χ3n) is 4.62. The van der Waals surface area contributed by atoms with Crippen LogP contribution in [0.25, 0.3) is 43.4 Å². The minimum Gasteiger partial charge on any atom is -0.225 e. The number of thiophene rings is 3. The second-order valence-corrected chi connectivity index (χ2v) is 9.61. The van der Waals surface area contributed by atoms with Crippen molar-refractivity contribution < 1.29 is 0 Å². The van der Waals surface area contributed by atoms with Gasteiger partial charge in [0.1, 0.15) is 17.7 Å². The van der Waals surface area contributed by atoms with Gasteiger partial charge in [0.25, 0.3) is 11.4 Å². The molecule has 0 aromatic carbocycles. The van der Waals surface area contributed by atoms with Crippen molar-refractivity contribution >= 4 is 67.7 Å². The lowest BCUT2D eigenvalue weighted by Crippen LogP contribution is -1.98. The molecule has 3 aromatic heterocycles. The van der Waals surface area contributed by atoms with Gasteiger partial charge in [-0.15, -0.1) is 34.0 Å². The van der Waals surface area contributed by atoms with E-state index in [4.69, 9.17) is 13.1 Å². The fraction of sp³-hybridized carbons (Fsp3) is 0. The largest absolute Gasteiger partial charge is 0.278 e. The fourth-order valence-corrected chi connectivity index (χ4v) is 6.15. The van der Waals surface area contributed by atoms with Crippen LogP contribution in [0, 0.1) is 58.5 Å². The highest BCUT2D eigenvalue weighted by Gasteiger charge is 2.33. The Morgan fingerprint density at radius 2 is 0.939 bits per heavy atom. The van der Waals surface area contributed by atoms with Gasteiger partial charge in [-0.3, -0.25) is 0 Å². The summed E-state index contributed by atoms with van der Waals surface area (Å²) >= 11 is 4.02. The minimum atomic E-state index is 0.0278. The van der Waals surface area contributed by atoms with Gasteiger partial charge < -0.3 is 0 Å². The number of nitriles is 4. The summed E-state index contributed by atoms with van der Waals surface area (Å²) in [5.41, 5.74) is 2.95. The SMILES string of the molecule is [C-]#[N+]/C(C#N)=c1/cc/c(=C2\C(=c3ccc(=C(C#N)C#N)s3)\C2=c2\cc/c(=C(/C#N)[N+]#[C-])s2)s1. The monoisotopic (exact) mass is 474 g/mol. The zero-order valence-electron chi connectivity index (χ0n) is 16.4. The maximum atomic E-state index is 9.19. The van der Waals surface area contributed by atoms with E-state index in [2.05, 4.69) is 9.69 Å². The number of hydrogen-bond acceptors (Lipinski definition) is 7. The Balaban J connectivity index is 2.16. The van der Waals surface area contributed by atoms with E-state index in [1.807, 2.05) is 42.5 Å². The third-order valence-corrected chi connectivity index (χ3v) is 7.96. The molecule has 1 aliphatic carbocycles. The Hall–Kier alpha value is -4.74. The molecule has 1 aliphatic rings. The lowest BCUT2D eigenvalue weighted by Gasteiger charge is -1.75. The second kappa shape index (κ2) is 8.78. The van der Waals surface area contributed by atoms with E-state index >= 15 is 0 Å². The molecule has 0 aliphatic heterocycles. The molecule has 4 rings (SSSR count). The predicted octanol–water partition coefficient (Wildman–Crippen LogP) is 1.04. The van der Waals surface area contributed by atoms with Gasteiger partial charge in [0, 0.05) is 39.4 Å². The average Bonchev–Trinajstić information content (AvgIpc) is 3.29. The topological polar surface area (TPSA) is 104 Å². The maximum Gasteiger partial charge on any atom is 0.278 e. The molecule has 0 radical (unpaired) electrons. The maximum absolute atomic E-state index is 9.19. The van der Waals surface area contributed by atoms with Crippen molar-refractivity contribution in [1.82, 2.24) is 0 Å². The van der Waals surface area contributed by atoms with E-state index < -0.39 is 0 Å². The van der Waals surface area contributed by atoms with Crippen molar-refractivity contribution in [2.75, 3.05) is 0 Å². The third kappa shape index (κ3) is 3.73. The second-order valence-electron chi connectivity index (χ2n) is 6.36. The van der Waals surface area contributed by atoms with Crippen molar-refractivity contribution in [3.8, 4) is 24.3 Å². The molecule has 150 valence electrons. The summed E-state index contributed by atoms with van der Waals surface area (Å²) in [5.74, 6) is 0. The van der Waals surface area contributed by atoms with Crippen LogP contribution in [0.4, 0.5) is 0 Å². The van der Waals surface area contributed by atoms with E-state index in [9.17, 15) is 21.0 Å². The summed E-state index contributed by atoms with van der Waals surface area (Å²) in [4.78, 5) is 6.56. The van der Waals surface area contributed by atoms with Crippen LogP contribution in [-0.2, 0) is 0 Å². The van der Waals surface area contributed by atoms with Crippen LogP contribution in [0.2, 0.25) is 0 Å². The Kier molecular flexibility index (Phi) is 5.72. The first-order valence-electron chi connectivity index (χ1n) is 9.00. The molecule has 1 saturated carbocycles. The molecule has 0 N–H and O–H groups in total. The fourth-order valence-electron chi connectivity index (χ4n) is 3.14. The number of hydrogen-bond donors (Lipinski definition) is 0. The molecule has 0 spiro atoms. The van der Waals surface area contributed by atoms with Crippen LogP contribution in [0.1, 0.15) is 0 Å². The first-order chi connectivity index (χ1) is 16.1. The van der Waals surface area contributed by atoms with Gasteiger partial charge in [-0.1, -0.05) is 12.1 Å². The lowest BCUT2D eigenvalue weighted by molar-refractivity contribution is 1.51. The predicted molar refractivity (Wildman–Crippen MR) is 127 cm³/mol. The summed E-state index contributed by atoms with van der Waals surface area (Å²) in [7, 11) is 0. The highest BCUT2D eigenvalue weighted by Crippen LogP contribution is 2.47. The van der Waals surface area contributed by atoms with Crippen molar-refractivity contribution in [2.24, 2.45) is 0 Å². The van der Waals surface area contributed by atoms with E-state index in [0.717, 1.165) is 30.3 Å². The van der Waals surface area contributed by atoms with Crippen LogP contribution in [0.3, 0.4) is 0 Å². The van der Waals surface area contributed by atoms with Crippen LogP contribution in [-0.4, -0.2) is 0 Å². The van der Waals surface area contributed by atoms with Crippen LogP contribution < -0.4 is 27.2 Å². The van der Waals surface area contributed by atoms with Crippen LogP contribution in [0.5, 0.6) is 0 Å². The van der Waals surface area contributed by atoms with Gasteiger partial charge in [0.15, 0.2) is 0 Å². The lowest BCUT2D eigenvalue weighted by atomic mass is 10.3. The molecule has 0 unspecified atom stereocenters. The minimum absolute atomic E-state index is 0.0278. The molecule has 3 heterocycles. The van der Waals surface area contributed by atoms with E-state index in [-0.39, 0.29) is 17.0 Å². The van der Waals surface area contributed by atoms with Crippen molar-refractivity contribution in [3.63, 3.8) is 0 Å². The molecule has 9 heteroatoms. The average molecular weight is 475 g/mol. The molecule has 33 heavy (non-hydrogen) atoms. The van der Waals surface area contributed by atoms with Crippen LogP contribution in [0.15, 0.2) is 36.4 Å². The summed E-state index contributed by atoms with van der Waals surface area (Å²) in [6.07, 6.45) is 0. The molecule has 0 saturated heterocycles. The molecule has 1 fully saturated rings. The molecular weight excluding hydrogens is 469 g/mol. The summed E-state index contributed by atoms with van der Waals surface area (Å²) in [6.45, 7) is 14.4. The molecule has 0 bridgehead atoms. The molecule has 0 atom stereocenters. The quantitative estimate of drug-likeness (QED) is 0.454. The van der Waals surface area contributed by atoms with Gasteiger partial charge >= 0.3 is 0 Å². The Labute approximate surface area is 198 Å². The molecule has 3 aromatic rings. The Morgan fingerprint density at radius 1 is 0.576 bits per heavy atom. The van der Waals surface area contributed by atoms with E-state index in [1.165, 1.54) is 34.0 Å². The Morgan fingerprint density at radius 3 is 1.27 bits per heavy atom. The zero-order chi connectivity index (χ0) is 23.5. The van der Waals surface area contributed by atoms with Crippen LogP contribution >= 0.6 is 34.0 Å². The molecular formula is C24H6N6S3. The smallest absolute Gasteiger partial charge is 0.225 e.